The smallest absolute Gasteiger partial charge is 0.272 e. The average molecular weight is 370 g/mol. The summed E-state index contributed by atoms with van der Waals surface area (Å²) in [6, 6.07) is 1.84. The number of carbonyl (C=O) groups excluding carboxylic acids is 1. The lowest BCUT2D eigenvalue weighted by molar-refractivity contribution is -0.120. The summed E-state index contributed by atoms with van der Waals surface area (Å²) in [4.78, 5) is 29.2. The number of nitrogens with one attached hydrogen (secondary N) is 1. The third kappa shape index (κ3) is 4.58. The molecule has 24 heavy (non-hydrogen) atoms. The molecule has 2 aromatic rings. The number of fused-ring (bicyclic) bond motifs is 1. The molecule has 0 spiro atoms. The Morgan fingerprint density at radius 2 is 2.29 bits per heavy atom. The number of carbonyl (C=O) groups is 1. The summed E-state index contributed by atoms with van der Waals surface area (Å²) in [5.74, 6) is -0.0567. The molecule has 0 aliphatic carbocycles. The summed E-state index contributed by atoms with van der Waals surface area (Å²) in [6.07, 6.45) is 0.787. The van der Waals surface area contributed by atoms with E-state index in [0.29, 0.717) is 41.7 Å². The third-order valence-electron chi connectivity index (χ3n) is 3.47. The van der Waals surface area contributed by atoms with E-state index < -0.39 is 0 Å². The van der Waals surface area contributed by atoms with E-state index in [1.165, 1.54) is 23.1 Å². The van der Waals surface area contributed by atoms with Gasteiger partial charge in [-0.15, -0.1) is 11.3 Å². The van der Waals surface area contributed by atoms with Crippen molar-refractivity contribution in [2.75, 3.05) is 19.8 Å². The van der Waals surface area contributed by atoms with Gasteiger partial charge in [-0.2, -0.15) is 0 Å². The van der Waals surface area contributed by atoms with Gasteiger partial charge in [0.15, 0.2) is 5.16 Å². The van der Waals surface area contributed by atoms with Crippen LogP contribution in [0.25, 0.3) is 10.2 Å². The predicted molar refractivity (Wildman–Crippen MR) is 99.0 cm³/mol. The largest absolute Gasteiger partial charge is 0.382 e. The lowest BCUT2D eigenvalue weighted by Gasteiger charge is -2.14. The highest BCUT2D eigenvalue weighted by Crippen LogP contribution is 2.24. The van der Waals surface area contributed by atoms with Crippen molar-refractivity contribution >= 4 is 39.2 Å². The molecule has 0 bridgehead atoms. The Bertz CT molecular complexity index is 742. The van der Waals surface area contributed by atoms with Gasteiger partial charge in [0.2, 0.25) is 5.91 Å². The SMILES string of the molecule is CCOCCCNC(=O)C(C)Sc1nc2ccsc2c(=O)n1CC. The van der Waals surface area contributed by atoms with E-state index >= 15 is 0 Å². The van der Waals surface area contributed by atoms with Crippen molar-refractivity contribution in [1.82, 2.24) is 14.9 Å². The van der Waals surface area contributed by atoms with E-state index in [4.69, 9.17) is 4.74 Å². The fourth-order valence-electron chi connectivity index (χ4n) is 2.18. The lowest BCUT2D eigenvalue weighted by atomic mass is 10.4. The molecule has 1 N–H and O–H groups in total. The van der Waals surface area contributed by atoms with Gasteiger partial charge in [0.05, 0.1) is 10.8 Å². The highest BCUT2D eigenvalue weighted by Gasteiger charge is 2.19. The highest BCUT2D eigenvalue weighted by atomic mass is 32.2. The number of thiophene rings is 1. The van der Waals surface area contributed by atoms with Gasteiger partial charge in [-0.05, 0) is 38.6 Å². The number of hydrogen-bond acceptors (Lipinski definition) is 6. The quantitative estimate of drug-likeness (QED) is 0.418. The van der Waals surface area contributed by atoms with Crippen LogP contribution in [-0.2, 0) is 16.1 Å². The first-order valence-corrected chi connectivity index (χ1v) is 9.84. The predicted octanol–water partition coefficient (Wildman–Crippen LogP) is 2.50. The van der Waals surface area contributed by atoms with Crippen molar-refractivity contribution in [2.45, 2.75) is 44.1 Å². The van der Waals surface area contributed by atoms with Crippen molar-refractivity contribution < 1.29 is 9.53 Å². The van der Waals surface area contributed by atoms with Gasteiger partial charge in [-0.1, -0.05) is 11.8 Å². The molecule has 0 saturated carbocycles. The van der Waals surface area contributed by atoms with Crippen LogP contribution < -0.4 is 10.9 Å². The van der Waals surface area contributed by atoms with Crippen LogP contribution >= 0.6 is 23.1 Å². The second kappa shape index (κ2) is 9.19. The van der Waals surface area contributed by atoms with Crippen LogP contribution in [0, 0.1) is 0 Å². The maximum absolute atomic E-state index is 12.5. The Morgan fingerprint density at radius 3 is 3.00 bits per heavy atom. The van der Waals surface area contributed by atoms with Gasteiger partial charge in [0.25, 0.3) is 5.56 Å². The van der Waals surface area contributed by atoms with Crippen molar-refractivity contribution in [1.29, 1.82) is 0 Å². The number of thioether (sulfide) groups is 1. The van der Waals surface area contributed by atoms with Crippen LogP contribution in [-0.4, -0.2) is 40.5 Å². The van der Waals surface area contributed by atoms with E-state index in [1.54, 1.807) is 4.57 Å². The minimum atomic E-state index is -0.321. The second-order valence-corrected chi connectivity index (χ2v) is 7.40. The number of amides is 1. The molecule has 6 nitrogen and oxygen atoms in total. The van der Waals surface area contributed by atoms with Gasteiger partial charge in [-0.3, -0.25) is 14.2 Å². The first-order valence-electron chi connectivity index (χ1n) is 8.08. The minimum absolute atomic E-state index is 0.0377. The molecular formula is C16H23N3O3S2. The van der Waals surface area contributed by atoms with Crippen LogP contribution in [0.1, 0.15) is 27.2 Å². The normalized spacial score (nSPS) is 12.5. The molecule has 0 fully saturated rings. The second-order valence-electron chi connectivity index (χ2n) is 5.18. The van der Waals surface area contributed by atoms with E-state index in [9.17, 15) is 9.59 Å². The van der Waals surface area contributed by atoms with Gasteiger partial charge in [0, 0.05) is 26.3 Å². The molecule has 2 heterocycles. The standard InChI is InChI=1S/C16H23N3O3S2/c1-4-19-15(21)13-12(7-10-23-13)18-16(19)24-11(3)14(20)17-8-6-9-22-5-2/h7,10-11H,4-6,8-9H2,1-3H3,(H,17,20). The zero-order chi connectivity index (χ0) is 17.5. The van der Waals surface area contributed by atoms with Gasteiger partial charge < -0.3 is 10.1 Å². The summed E-state index contributed by atoms with van der Waals surface area (Å²) in [7, 11) is 0. The number of nitrogens with zero attached hydrogens (tertiary/aromatic N) is 2. The first-order chi connectivity index (χ1) is 11.6. The molecule has 0 aromatic carbocycles. The average Bonchev–Trinajstić information content (AvgIpc) is 3.03. The molecule has 0 saturated heterocycles. The minimum Gasteiger partial charge on any atom is -0.382 e. The maximum atomic E-state index is 12.5. The Hall–Kier alpha value is -1.38. The number of aromatic nitrogens is 2. The molecule has 8 heteroatoms. The van der Waals surface area contributed by atoms with Gasteiger partial charge in [0.1, 0.15) is 4.70 Å². The monoisotopic (exact) mass is 369 g/mol. The molecule has 1 atom stereocenters. The van der Waals surface area contributed by atoms with Crippen LogP contribution in [0.15, 0.2) is 21.4 Å². The Morgan fingerprint density at radius 1 is 1.50 bits per heavy atom. The molecular weight excluding hydrogens is 346 g/mol. The topological polar surface area (TPSA) is 73.2 Å². The lowest BCUT2D eigenvalue weighted by Crippen LogP contribution is -2.33. The summed E-state index contributed by atoms with van der Waals surface area (Å²) in [6.45, 7) is 8.13. The van der Waals surface area contributed by atoms with Crippen molar-refractivity contribution in [2.24, 2.45) is 0 Å². The Labute approximate surface area is 149 Å². The third-order valence-corrected chi connectivity index (χ3v) is 5.45. The molecule has 0 aliphatic heterocycles. The Kier molecular flexibility index (Phi) is 7.26. The van der Waals surface area contributed by atoms with Crippen LogP contribution in [0.2, 0.25) is 0 Å². The highest BCUT2D eigenvalue weighted by molar-refractivity contribution is 8.00. The van der Waals surface area contributed by atoms with Crippen LogP contribution in [0.5, 0.6) is 0 Å². The molecule has 2 rings (SSSR count). The number of ether oxygens (including phenoxy) is 1. The van der Waals surface area contributed by atoms with Crippen molar-refractivity contribution in [3.05, 3.63) is 21.8 Å². The molecule has 132 valence electrons. The van der Waals surface area contributed by atoms with Crippen molar-refractivity contribution in [3.63, 3.8) is 0 Å². The van der Waals surface area contributed by atoms with Crippen molar-refractivity contribution in [3.8, 4) is 0 Å². The van der Waals surface area contributed by atoms with Crippen LogP contribution in [0.4, 0.5) is 0 Å². The molecule has 1 amide bonds. The zero-order valence-corrected chi connectivity index (χ0v) is 15.8. The molecule has 1 unspecified atom stereocenters. The summed E-state index contributed by atoms with van der Waals surface area (Å²) >= 11 is 2.72. The molecule has 0 radical (unpaired) electrons. The summed E-state index contributed by atoms with van der Waals surface area (Å²) in [5, 5.41) is 5.02. The van der Waals surface area contributed by atoms with E-state index in [-0.39, 0.29) is 16.7 Å². The number of hydrogen-bond donors (Lipinski definition) is 1. The maximum Gasteiger partial charge on any atom is 0.272 e. The summed E-state index contributed by atoms with van der Waals surface area (Å²) < 4.78 is 7.53. The van der Waals surface area contributed by atoms with Crippen LogP contribution in [0.3, 0.4) is 0 Å². The fourth-order valence-corrected chi connectivity index (χ4v) is 3.95. The van der Waals surface area contributed by atoms with Gasteiger partial charge in [-0.25, -0.2) is 4.98 Å². The molecule has 2 aromatic heterocycles. The summed E-state index contributed by atoms with van der Waals surface area (Å²) in [5.41, 5.74) is 0.658. The first kappa shape index (κ1) is 19.0. The fraction of sp³-hybridized carbons (Fsp3) is 0.562. The molecule has 0 aliphatic rings. The van der Waals surface area contributed by atoms with E-state index in [0.717, 1.165) is 6.42 Å². The van der Waals surface area contributed by atoms with Gasteiger partial charge >= 0.3 is 0 Å². The van der Waals surface area contributed by atoms with E-state index in [2.05, 4.69) is 10.3 Å². The van der Waals surface area contributed by atoms with E-state index in [1.807, 2.05) is 32.2 Å². The zero-order valence-electron chi connectivity index (χ0n) is 14.2. The number of rotatable bonds is 9. The Balaban J connectivity index is 2.03.